The molecule has 1 aromatic heterocycles. The second kappa shape index (κ2) is 13.0. The zero-order chi connectivity index (χ0) is 32.5. The van der Waals surface area contributed by atoms with E-state index in [1.54, 1.807) is 31.0 Å². The summed E-state index contributed by atoms with van der Waals surface area (Å²) in [4.78, 5) is 32.8. The van der Waals surface area contributed by atoms with E-state index in [1.165, 1.54) is 12.3 Å². The summed E-state index contributed by atoms with van der Waals surface area (Å²) in [6.45, 7) is 7.47. The van der Waals surface area contributed by atoms with Crippen LogP contribution >= 0.6 is 0 Å². The van der Waals surface area contributed by atoms with Crippen molar-refractivity contribution in [1.29, 1.82) is 0 Å². The molecular weight excluding hydrogens is 597 g/mol. The van der Waals surface area contributed by atoms with E-state index >= 15 is 0 Å². The summed E-state index contributed by atoms with van der Waals surface area (Å²) in [5, 5.41) is 9.75. The SMILES string of the molecule is CC(C)(Oc1cccc(N2CCCC(C(=O)N(Cc3ccc(-c4cn[nH]c4)cc3C(F)(F)F)C3CC3)C2)c1)C(=O)N1CCNCC1. The largest absolute Gasteiger partial charge is 0.478 e. The number of halogens is 3. The van der Waals surface area contributed by atoms with Gasteiger partial charge in [-0.1, -0.05) is 18.2 Å². The first kappa shape index (κ1) is 31.9. The second-order valence-electron chi connectivity index (χ2n) is 13.0. The first-order valence-corrected chi connectivity index (χ1v) is 16.0. The monoisotopic (exact) mass is 638 g/mol. The molecule has 1 unspecified atom stereocenters. The smallest absolute Gasteiger partial charge is 0.416 e. The van der Waals surface area contributed by atoms with Gasteiger partial charge in [0.2, 0.25) is 5.91 Å². The van der Waals surface area contributed by atoms with Crippen LogP contribution in [-0.4, -0.2) is 82.7 Å². The van der Waals surface area contributed by atoms with Gasteiger partial charge in [-0.25, -0.2) is 0 Å². The molecule has 0 radical (unpaired) electrons. The molecule has 3 aliphatic rings. The molecule has 9 nitrogen and oxygen atoms in total. The Balaban J connectivity index is 1.16. The molecular formula is C34H41F3N6O3. The summed E-state index contributed by atoms with van der Waals surface area (Å²) in [6.07, 6.45) is 1.51. The van der Waals surface area contributed by atoms with E-state index in [0.29, 0.717) is 42.9 Å². The third kappa shape index (κ3) is 7.16. The Bertz CT molecular complexity index is 1530. The van der Waals surface area contributed by atoms with Crippen LogP contribution in [0, 0.1) is 5.92 Å². The molecule has 1 aliphatic carbocycles. The molecule has 1 atom stereocenters. The first-order chi connectivity index (χ1) is 22.0. The molecule has 2 amide bonds. The highest BCUT2D eigenvalue weighted by Crippen LogP contribution is 2.38. The van der Waals surface area contributed by atoms with Gasteiger partial charge in [-0.15, -0.1) is 0 Å². The van der Waals surface area contributed by atoms with Crippen LogP contribution in [0.3, 0.4) is 0 Å². The summed E-state index contributed by atoms with van der Waals surface area (Å²) >= 11 is 0. The van der Waals surface area contributed by atoms with Crippen LogP contribution in [0.25, 0.3) is 11.1 Å². The molecule has 2 aliphatic heterocycles. The lowest BCUT2D eigenvalue weighted by Crippen LogP contribution is -2.54. The molecule has 0 spiro atoms. The number of hydrogen-bond donors (Lipinski definition) is 2. The van der Waals surface area contributed by atoms with Gasteiger partial charge in [0, 0.05) is 75.4 Å². The van der Waals surface area contributed by atoms with Crippen LogP contribution in [0.4, 0.5) is 18.9 Å². The van der Waals surface area contributed by atoms with Gasteiger partial charge in [-0.05, 0) is 68.9 Å². The summed E-state index contributed by atoms with van der Waals surface area (Å²) in [5.41, 5.74) is 0.180. The van der Waals surface area contributed by atoms with E-state index in [9.17, 15) is 22.8 Å². The number of rotatable bonds is 9. The first-order valence-electron chi connectivity index (χ1n) is 16.0. The third-order valence-corrected chi connectivity index (χ3v) is 9.10. The minimum absolute atomic E-state index is 0.0512. The molecule has 2 aromatic carbocycles. The summed E-state index contributed by atoms with van der Waals surface area (Å²) in [7, 11) is 0. The van der Waals surface area contributed by atoms with Gasteiger partial charge in [0.1, 0.15) is 5.75 Å². The lowest BCUT2D eigenvalue weighted by atomic mass is 9.95. The van der Waals surface area contributed by atoms with Crippen molar-refractivity contribution >= 4 is 17.5 Å². The molecule has 1 saturated carbocycles. The summed E-state index contributed by atoms with van der Waals surface area (Å²) in [6, 6.07) is 11.8. The average molecular weight is 639 g/mol. The Morgan fingerprint density at radius 2 is 1.80 bits per heavy atom. The van der Waals surface area contributed by atoms with Gasteiger partial charge < -0.3 is 24.8 Å². The molecule has 2 N–H and O–H groups in total. The molecule has 46 heavy (non-hydrogen) atoms. The zero-order valence-corrected chi connectivity index (χ0v) is 26.3. The molecule has 246 valence electrons. The fourth-order valence-corrected chi connectivity index (χ4v) is 6.50. The molecule has 6 rings (SSSR count). The van der Waals surface area contributed by atoms with Gasteiger partial charge in [0.15, 0.2) is 5.60 Å². The third-order valence-electron chi connectivity index (χ3n) is 9.10. The number of alkyl halides is 3. The lowest BCUT2D eigenvalue weighted by Gasteiger charge is -2.37. The molecule has 2 saturated heterocycles. The Hall–Kier alpha value is -4.06. The lowest BCUT2D eigenvalue weighted by molar-refractivity contribution is -0.146. The van der Waals surface area contributed by atoms with Crippen molar-refractivity contribution in [2.45, 2.75) is 63.9 Å². The predicted molar refractivity (Wildman–Crippen MR) is 168 cm³/mol. The number of piperazine rings is 1. The number of anilines is 1. The van der Waals surface area contributed by atoms with E-state index in [-0.39, 0.29) is 35.9 Å². The van der Waals surface area contributed by atoms with Crippen molar-refractivity contribution in [3.63, 3.8) is 0 Å². The Kier molecular flexibility index (Phi) is 9.00. The molecule has 3 fully saturated rings. The van der Waals surface area contributed by atoms with Gasteiger partial charge >= 0.3 is 6.18 Å². The number of nitrogens with one attached hydrogen (secondary N) is 2. The number of hydrogen-bond acceptors (Lipinski definition) is 6. The van der Waals surface area contributed by atoms with Crippen molar-refractivity contribution < 1.29 is 27.5 Å². The number of ether oxygens (including phenoxy) is 1. The van der Waals surface area contributed by atoms with Gasteiger partial charge in [0.05, 0.1) is 17.7 Å². The van der Waals surface area contributed by atoms with E-state index in [0.717, 1.165) is 50.7 Å². The summed E-state index contributed by atoms with van der Waals surface area (Å²) < 4.78 is 48.9. The summed E-state index contributed by atoms with van der Waals surface area (Å²) in [5.74, 6) is 0.0594. The highest BCUT2D eigenvalue weighted by Gasteiger charge is 2.40. The van der Waals surface area contributed by atoms with E-state index in [2.05, 4.69) is 20.4 Å². The quantitative estimate of drug-likeness (QED) is 0.339. The van der Waals surface area contributed by atoms with Crippen LogP contribution in [0.15, 0.2) is 54.9 Å². The average Bonchev–Trinajstić information content (AvgIpc) is 3.75. The Morgan fingerprint density at radius 1 is 1.02 bits per heavy atom. The molecule has 3 aromatic rings. The van der Waals surface area contributed by atoms with Gasteiger partial charge in [-0.2, -0.15) is 18.3 Å². The predicted octanol–water partition coefficient (Wildman–Crippen LogP) is 5.09. The number of piperidine rings is 1. The second-order valence-corrected chi connectivity index (χ2v) is 13.0. The van der Waals surface area contributed by atoms with Crippen molar-refractivity contribution in [3.8, 4) is 16.9 Å². The zero-order valence-electron chi connectivity index (χ0n) is 26.3. The van der Waals surface area contributed by atoms with E-state index < -0.39 is 17.3 Å². The maximum atomic E-state index is 14.2. The van der Waals surface area contributed by atoms with Crippen molar-refractivity contribution in [3.05, 3.63) is 66.0 Å². The minimum Gasteiger partial charge on any atom is -0.478 e. The van der Waals surface area contributed by atoms with Crippen LogP contribution in [0.1, 0.15) is 50.7 Å². The number of H-pyrrole nitrogens is 1. The van der Waals surface area contributed by atoms with Crippen LogP contribution in [0.5, 0.6) is 5.75 Å². The number of amides is 2. The number of carbonyl (C=O) groups excluding carboxylic acids is 2. The highest BCUT2D eigenvalue weighted by atomic mass is 19.4. The van der Waals surface area contributed by atoms with Gasteiger partial charge in [0.25, 0.3) is 5.91 Å². The number of aromatic amines is 1. The minimum atomic E-state index is -4.56. The van der Waals surface area contributed by atoms with Gasteiger partial charge in [-0.3, -0.25) is 14.7 Å². The Labute approximate surface area is 267 Å². The molecule has 3 heterocycles. The normalized spacial score (nSPS) is 19.2. The fourth-order valence-electron chi connectivity index (χ4n) is 6.50. The molecule has 0 bridgehead atoms. The van der Waals surface area contributed by atoms with E-state index in [4.69, 9.17) is 4.74 Å². The van der Waals surface area contributed by atoms with Crippen LogP contribution in [-0.2, 0) is 22.3 Å². The topological polar surface area (TPSA) is 93.8 Å². The Morgan fingerprint density at radius 3 is 2.50 bits per heavy atom. The van der Waals surface area contributed by atoms with E-state index in [1.807, 2.05) is 29.2 Å². The number of nitrogens with zero attached hydrogens (tertiary/aromatic N) is 4. The van der Waals surface area contributed by atoms with Crippen LogP contribution in [0.2, 0.25) is 0 Å². The van der Waals surface area contributed by atoms with Crippen molar-refractivity contribution in [1.82, 2.24) is 25.3 Å². The van der Waals surface area contributed by atoms with Crippen molar-refractivity contribution in [2.24, 2.45) is 5.92 Å². The maximum absolute atomic E-state index is 14.2. The fraction of sp³-hybridized carbons (Fsp3) is 0.500. The van der Waals surface area contributed by atoms with Crippen molar-refractivity contribution in [2.75, 3.05) is 44.2 Å². The maximum Gasteiger partial charge on any atom is 0.416 e. The number of benzene rings is 2. The number of carbonyl (C=O) groups is 2. The highest BCUT2D eigenvalue weighted by molar-refractivity contribution is 5.85. The number of aromatic nitrogens is 2. The standard InChI is InChI=1S/C34H41F3N6O3/c1-33(2,32(45)41-15-12-38-13-16-41)46-29-7-3-6-28(18-29)42-14-4-5-25(21-42)31(44)43(27-10-11-27)22-24-9-8-23(26-19-39-40-20-26)17-30(24)34(35,36)37/h3,6-9,17-20,25,27,38H,4-5,10-16,21-22H2,1-2H3,(H,39,40). The van der Waals surface area contributed by atoms with Crippen LogP contribution < -0.4 is 15.0 Å². The molecule has 12 heteroatoms.